The SMILES string of the molecule is COCCC1(OC)CCC2(CCN(c3ccc(OC(F)(F)F)cc3)C2=O)CC1. The number of hydrogen-bond acceptors (Lipinski definition) is 4. The second-order valence-electron chi connectivity index (χ2n) is 7.66. The van der Waals surface area contributed by atoms with Crippen LogP contribution in [0, 0.1) is 5.41 Å². The molecule has 1 aliphatic carbocycles. The van der Waals surface area contributed by atoms with E-state index in [1.807, 2.05) is 0 Å². The Labute approximate surface area is 162 Å². The highest BCUT2D eigenvalue weighted by Crippen LogP contribution is 2.50. The van der Waals surface area contributed by atoms with Gasteiger partial charge in [0.15, 0.2) is 0 Å². The Bertz CT molecular complexity index is 682. The van der Waals surface area contributed by atoms with Gasteiger partial charge in [-0.15, -0.1) is 13.2 Å². The molecule has 3 rings (SSSR count). The summed E-state index contributed by atoms with van der Waals surface area (Å²) in [6, 6.07) is 5.48. The van der Waals surface area contributed by atoms with Crippen LogP contribution in [0.2, 0.25) is 0 Å². The third kappa shape index (κ3) is 4.27. The van der Waals surface area contributed by atoms with Crippen molar-refractivity contribution in [2.75, 3.05) is 32.3 Å². The van der Waals surface area contributed by atoms with Gasteiger partial charge in [-0.3, -0.25) is 4.79 Å². The number of carbonyl (C=O) groups is 1. The van der Waals surface area contributed by atoms with Crippen LogP contribution >= 0.6 is 0 Å². The highest BCUT2D eigenvalue weighted by atomic mass is 19.4. The first kappa shape index (κ1) is 20.9. The second kappa shape index (κ2) is 7.91. The topological polar surface area (TPSA) is 48.0 Å². The quantitative estimate of drug-likeness (QED) is 0.713. The summed E-state index contributed by atoms with van der Waals surface area (Å²) < 4.78 is 51.8. The van der Waals surface area contributed by atoms with Gasteiger partial charge in [-0.2, -0.15) is 0 Å². The van der Waals surface area contributed by atoms with Gasteiger partial charge in [-0.1, -0.05) is 0 Å². The average molecular weight is 401 g/mol. The van der Waals surface area contributed by atoms with Crippen LogP contribution in [-0.4, -0.2) is 45.2 Å². The van der Waals surface area contributed by atoms with Gasteiger partial charge in [0.25, 0.3) is 0 Å². The molecule has 1 amide bonds. The van der Waals surface area contributed by atoms with Crippen molar-refractivity contribution in [2.45, 2.75) is 50.5 Å². The molecule has 2 aliphatic rings. The van der Waals surface area contributed by atoms with Gasteiger partial charge in [0.05, 0.1) is 11.0 Å². The Morgan fingerprint density at radius 3 is 2.21 bits per heavy atom. The molecule has 8 heteroatoms. The van der Waals surface area contributed by atoms with Crippen LogP contribution < -0.4 is 9.64 Å². The van der Waals surface area contributed by atoms with Crippen molar-refractivity contribution in [3.63, 3.8) is 0 Å². The zero-order valence-corrected chi connectivity index (χ0v) is 16.2. The Kier molecular flexibility index (Phi) is 5.91. The van der Waals surface area contributed by atoms with E-state index in [4.69, 9.17) is 9.47 Å². The molecule has 1 aromatic rings. The fourth-order valence-corrected chi connectivity index (χ4v) is 4.39. The standard InChI is InChI=1S/C20H26F3NO4/c1-26-14-12-19(27-2)9-7-18(8-10-19)11-13-24(17(18)25)15-3-5-16(6-4-15)28-20(21,22)23/h3-6H,7-14H2,1-2H3. The predicted octanol–water partition coefficient (Wildman–Crippen LogP) is 4.30. The van der Waals surface area contributed by atoms with Crippen molar-refractivity contribution in [2.24, 2.45) is 5.41 Å². The minimum Gasteiger partial charge on any atom is -0.406 e. The van der Waals surface area contributed by atoms with Crippen LogP contribution in [0.25, 0.3) is 0 Å². The largest absolute Gasteiger partial charge is 0.573 e. The minimum atomic E-state index is -4.73. The third-order valence-corrected chi connectivity index (χ3v) is 6.21. The lowest BCUT2D eigenvalue weighted by Gasteiger charge is -2.43. The van der Waals surface area contributed by atoms with Gasteiger partial charge in [-0.25, -0.2) is 0 Å². The number of ether oxygens (including phenoxy) is 3. The van der Waals surface area contributed by atoms with E-state index in [1.165, 1.54) is 24.3 Å². The molecule has 0 unspecified atom stereocenters. The Morgan fingerprint density at radius 1 is 1.04 bits per heavy atom. The third-order valence-electron chi connectivity index (χ3n) is 6.21. The summed E-state index contributed by atoms with van der Waals surface area (Å²) in [7, 11) is 3.37. The maximum Gasteiger partial charge on any atom is 0.573 e. The summed E-state index contributed by atoms with van der Waals surface area (Å²) in [5.41, 5.74) is -0.0544. The molecule has 0 atom stereocenters. The molecular formula is C20H26F3NO4. The molecule has 156 valence electrons. The predicted molar refractivity (Wildman–Crippen MR) is 97.2 cm³/mol. The van der Waals surface area contributed by atoms with Crippen molar-refractivity contribution in [3.8, 4) is 5.75 Å². The molecule has 2 fully saturated rings. The maximum atomic E-state index is 13.2. The molecule has 1 aromatic carbocycles. The lowest BCUT2D eigenvalue weighted by Crippen LogP contribution is -2.45. The minimum absolute atomic E-state index is 0.0495. The number of halogens is 3. The van der Waals surface area contributed by atoms with Crippen molar-refractivity contribution in [3.05, 3.63) is 24.3 Å². The van der Waals surface area contributed by atoms with E-state index in [1.54, 1.807) is 19.1 Å². The molecule has 0 N–H and O–H groups in total. The lowest BCUT2D eigenvalue weighted by atomic mass is 9.67. The van der Waals surface area contributed by atoms with Gasteiger partial charge in [-0.05, 0) is 62.8 Å². The smallest absolute Gasteiger partial charge is 0.406 e. The Hall–Kier alpha value is -1.80. The van der Waals surface area contributed by atoms with Crippen molar-refractivity contribution < 1.29 is 32.2 Å². The molecule has 1 aliphatic heterocycles. The highest BCUT2D eigenvalue weighted by molar-refractivity contribution is 6.00. The van der Waals surface area contributed by atoms with E-state index in [0.717, 1.165) is 38.5 Å². The molecule has 0 bridgehead atoms. The van der Waals surface area contributed by atoms with Gasteiger partial charge in [0.2, 0.25) is 5.91 Å². The first-order chi connectivity index (χ1) is 13.2. The molecule has 5 nitrogen and oxygen atoms in total. The van der Waals surface area contributed by atoms with E-state index in [9.17, 15) is 18.0 Å². The van der Waals surface area contributed by atoms with Crippen LogP contribution in [0.5, 0.6) is 5.75 Å². The van der Waals surface area contributed by atoms with E-state index in [2.05, 4.69) is 4.74 Å². The molecular weight excluding hydrogens is 375 g/mol. The van der Waals surface area contributed by atoms with Crippen LogP contribution in [0.3, 0.4) is 0 Å². The molecule has 1 heterocycles. The molecule has 0 radical (unpaired) electrons. The Balaban J connectivity index is 1.67. The van der Waals surface area contributed by atoms with Crippen molar-refractivity contribution in [1.82, 2.24) is 0 Å². The van der Waals surface area contributed by atoms with E-state index < -0.39 is 11.8 Å². The number of alkyl halides is 3. The number of rotatable bonds is 6. The molecule has 28 heavy (non-hydrogen) atoms. The van der Waals surface area contributed by atoms with Crippen LogP contribution in [0.1, 0.15) is 38.5 Å². The highest BCUT2D eigenvalue weighted by Gasteiger charge is 2.52. The zero-order chi connectivity index (χ0) is 20.4. The molecule has 1 saturated carbocycles. The van der Waals surface area contributed by atoms with Gasteiger partial charge < -0.3 is 19.1 Å². The van der Waals surface area contributed by atoms with Gasteiger partial charge >= 0.3 is 6.36 Å². The van der Waals surface area contributed by atoms with Crippen LogP contribution in [0.4, 0.5) is 18.9 Å². The number of methoxy groups -OCH3 is 2. The fraction of sp³-hybridized carbons (Fsp3) is 0.650. The zero-order valence-electron chi connectivity index (χ0n) is 16.2. The van der Waals surface area contributed by atoms with E-state index in [0.29, 0.717) is 18.8 Å². The number of amides is 1. The Morgan fingerprint density at radius 2 is 1.68 bits per heavy atom. The van der Waals surface area contributed by atoms with Gasteiger partial charge in [0, 0.05) is 33.1 Å². The average Bonchev–Trinajstić information content (AvgIpc) is 2.98. The maximum absolute atomic E-state index is 13.2. The monoisotopic (exact) mass is 401 g/mol. The number of carbonyl (C=O) groups excluding carboxylic acids is 1. The van der Waals surface area contributed by atoms with Crippen molar-refractivity contribution in [1.29, 1.82) is 0 Å². The second-order valence-corrected chi connectivity index (χ2v) is 7.66. The summed E-state index contributed by atoms with van der Waals surface area (Å²) in [6.45, 7) is 1.18. The number of anilines is 1. The first-order valence-electron chi connectivity index (χ1n) is 9.44. The van der Waals surface area contributed by atoms with Gasteiger partial charge in [0.1, 0.15) is 5.75 Å². The normalized spacial score (nSPS) is 28.2. The molecule has 1 spiro atoms. The summed E-state index contributed by atoms with van der Waals surface area (Å²) in [5.74, 6) is -0.244. The summed E-state index contributed by atoms with van der Waals surface area (Å²) in [5, 5.41) is 0. The number of benzene rings is 1. The fourth-order valence-electron chi connectivity index (χ4n) is 4.39. The summed E-state index contributed by atoms with van der Waals surface area (Å²) in [6.07, 6.45) is -0.0981. The van der Waals surface area contributed by atoms with Crippen LogP contribution in [0.15, 0.2) is 24.3 Å². The van der Waals surface area contributed by atoms with E-state index >= 15 is 0 Å². The first-order valence-corrected chi connectivity index (χ1v) is 9.44. The molecule has 1 saturated heterocycles. The molecule has 0 aromatic heterocycles. The van der Waals surface area contributed by atoms with Crippen LogP contribution in [-0.2, 0) is 14.3 Å². The lowest BCUT2D eigenvalue weighted by molar-refractivity contribution is -0.274. The van der Waals surface area contributed by atoms with Crippen molar-refractivity contribution >= 4 is 11.6 Å². The summed E-state index contributed by atoms with van der Waals surface area (Å²) >= 11 is 0. The van der Waals surface area contributed by atoms with E-state index in [-0.39, 0.29) is 17.3 Å². The number of nitrogens with zero attached hydrogens (tertiary/aromatic N) is 1. The summed E-state index contributed by atoms with van der Waals surface area (Å²) in [4.78, 5) is 14.8. The number of hydrogen-bond donors (Lipinski definition) is 0.